The molecule has 1 aromatic rings. The average Bonchev–Trinajstić information content (AvgIpc) is 2.84. The van der Waals surface area contributed by atoms with Crippen LogP contribution in [0, 0.1) is 0 Å². The van der Waals surface area contributed by atoms with Gasteiger partial charge in [0.15, 0.2) is 0 Å². The van der Waals surface area contributed by atoms with E-state index in [-0.39, 0.29) is 25.9 Å². The van der Waals surface area contributed by atoms with Crippen molar-refractivity contribution in [2.75, 3.05) is 40.8 Å². The minimum absolute atomic E-state index is 0.0604. The second-order valence-corrected chi connectivity index (χ2v) is 7.62. The van der Waals surface area contributed by atoms with Gasteiger partial charge in [-0.15, -0.1) is 6.58 Å². The van der Waals surface area contributed by atoms with Gasteiger partial charge in [0.2, 0.25) is 0 Å². The molecular formula is C26H38O9. The Morgan fingerprint density at radius 2 is 1.77 bits per heavy atom. The highest BCUT2D eigenvalue weighted by Crippen LogP contribution is 2.14. The zero-order valence-corrected chi connectivity index (χ0v) is 21.1. The van der Waals surface area contributed by atoms with Crippen molar-refractivity contribution in [1.29, 1.82) is 0 Å². The van der Waals surface area contributed by atoms with Gasteiger partial charge in [0.25, 0.3) is 0 Å². The minimum atomic E-state index is -0.719. The highest BCUT2D eigenvalue weighted by atomic mass is 16.7. The van der Waals surface area contributed by atoms with E-state index in [0.29, 0.717) is 26.2 Å². The Labute approximate surface area is 207 Å². The average molecular weight is 495 g/mol. The molecule has 0 bridgehead atoms. The van der Waals surface area contributed by atoms with Crippen molar-refractivity contribution in [3.8, 4) is 5.75 Å². The van der Waals surface area contributed by atoms with E-state index >= 15 is 0 Å². The fraction of sp³-hybridized carbons (Fsp3) is 0.538. The predicted octanol–water partition coefficient (Wildman–Crippen LogP) is 3.60. The maximum atomic E-state index is 12.4. The molecule has 1 rings (SSSR count). The number of hydrogen-bond donors (Lipinski definition) is 0. The molecule has 0 amide bonds. The summed E-state index contributed by atoms with van der Waals surface area (Å²) < 4.78 is 37.4. The fourth-order valence-corrected chi connectivity index (χ4v) is 2.72. The van der Waals surface area contributed by atoms with Crippen LogP contribution in [0.25, 0.3) is 0 Å². The molecule has 196 valence electrons. The van der Waals surface area contributed by atoms with Gasteiger partial charge in [-0.2, -0.15) is 0 Å². The number of methoxy groups -OCH3 is 2. The van der Waals surface area contributed by atoms with E-state index in [9.17, 15) is 9.59 Å². The molecular weight excluding hydrogens is 456 g/mol. The number of ether oxygens (including phenoxy) is 7. The summed E-state index contributed by atoms with van der Waals surface area (Å²) in [7, 11) is 3.17. The standard InChI is InChI=1S/C26H38O9/c1-6-7-14-32-25(27)13-12-24(34-19-31-16-15-29-4)21(3)35-26(28)17-20(2)33-18-22-8-10-23(30-5)11-9-22/h6,8-13,20-21,24H,1,7,14-19H2,2-5H3/b13-12+/t20-,21+,24-/m1/s1. The van der Waals surface area contributed by atoms with Crippen molar-refractivity contribution in [3.05, 3.63) is 54.6 Å². The minimum Gasteiger partial charge on any atom is -0.497 e. The van der Waals surface area contributed by atoms with Gasteiger partial charge in [0.1, 0.15) is 24.8 Å². The maximum Gasteiger partial charge on any atom is 0.330 e. The number of benzene rings is 1. The second kappa shape index (κ2) is 18.6. The third-order valence-electron chi connectivity index (χ3n) is 4.69. The topological polar surface area (TPSA) is 98.8 Å². The molecule has 0 N–H and O–H groups in total. The van der Waals surface area contributed by atoms with E-state index in [2.05, 4.69) is 6.58 Å². The van der Waals surface area contributed by atoms with Crippen LogP contribution >= 0.6 is 0 Å². The molecule has 0 saturated heterocycles. The van der Waals surface area contributed by atoms with Crippen LogP contribution in [0.2, 0.25) is 0 Å². The molecule has 0 aromatic heterocycles. The first-order chi connectivity index (χ1) is 16.9. The van der Waals surface area contributed by atoms with Crippen molar-refractivity contribution in [3.63, 3.8) is 0 Å². The second-order valence-electron chi connectivity index (χ2n) is 7.62. The van der Waals surface area contributed by atoms with Gasteiger partial charge < -0.3 is 33.2 Å². The Kier molecular flexibility index (Phi) is 16.1. The van der Waals surface area contributed by atoms with Crippen LogP contribution in [0.5, 0.6) is 5.75 Å². The molecule has 0 unspecified atom stereocenters. The molecule has 0 aliphatic rings. The van der Waals surface area contributed by atoms with Crippen molar-refractivity contribution < 1.29 is 42.7 Å². The first-order valence-electron chi connectivity index (χ1n) is 11.5. The number of carbonyl (C=O) groups is 2. The molecule has 35 heavy (non-hydrogen) atoms. The summed E-state index contributed by atoms with van der Waals surface area (Å²) >= 11 is 0. The third kappa shape index (κ3) is 14.3. The summed E-state index contributed by atoms with van der Waals surface area (Å²) in [6, 6.07) is 7.50. The predicted molar refractivity (Wildman–Crippen MR) is 130 cm³/mol. The highest BCUT2D eigenvalue weighted by molar-refractivity contribution is 5.82. The Hall–Kier alpha value is -2.72. The normalized spacial score (nSPS) is 13.7. The Bertz CT molecular complexity index is 761. The summed E-state index contributed by atoms with van der Waals surface area (Å²) in [5.74, 6) is -0.213. The molecule has 0 heterocycles. The van der Waals surface area contributed by atoms with Crippen LogP contribution < -0.4 is 4.74 Å². The van der Waals surface area contributed by atoms with E-state index in [0.717, 1.165) is 11.3 Å². The maximum absolute atomic E-state index is 12.4. The summed E-state index contributed by atoms with van der Waals surface area (Å²) in [4.78, 5) is 24.3. The van der Waals surface area contributed by atoms with Gasteiger partial charge in [-0.25, -0.2) is 4.79 Å². The molecule has 9 heteroatoms. The summed E-state index contributed by atoms with van der Waals surface area (Å²) in [5, 5.41) is 0. The molecule has 0 aliphatic carbocycles. The lowest BCUT2D eigenvalue weighted by Gasteiger charge is -2.22. The van der Waals surface area contributed by atoms with E-state index in [4.69, 9.17) is 33.2 Å². The van der Waals surface area contributed by atoms with Crippen LogP contribution in [0.15, 0.2) is 49.1 Å². The molecule has 0 fully saturated rings. The Morgan fingerprint density at radius 1 is 1.03 bits per heavy atom. The fourth-order valence-electron chi connectivity index (χ4n) is 2.72. The lowest BCUT2D eigenvalue weighted by molar-refractivity contribution is -0.163. The molecule has 1 aromatic carbocycles. The zero-order chi connectivity index (χ0) is 25.9. The monoisotopic (exact) mass is 494 g/mol. The largest absolute Gasteiger partial charge is 0.497 e. The number of carbonyl (C=O) groups excluding carboxylic acids is 2. The van der Waals surface area contributed by atoms with Crippen LogP contribution in [0.4, 0.5) is 0 Å². The van der Waals surface area contributed by atoms with Gasteiger partial charge in [0, 0.05) is 13.2 Å². The summed E-state index contributed by atoms with van der Waals surface area (Å²) in [6.07, 6.45) is 3.24. The van der Waals surface area contributed by atoms with Crippen molar-refractivity contribution in [1.82, 2.24) is 0 Å². The Morgan fingerprint density at radius 3 is 2.43 bits per heavy atom. The van der Waals surface area contributed by atoms with E-state index < -0.39 is 24.1 Å². The molecule has 0 aliphatic heterocycles. The van der Waals surface area contributed by atoms with E-state index in [1.54, 1.807) is 34.1 Å². The third-order valence-corrected chi connectivity index (χ3v) is 4.69. The number of rotatable bonds is 19. The van der Waals surface area contributed by atoms with Gasteiger partial charge in [0.05, 0.1) is 46.1 Å². The Balaban J connectivity index is 2.55. The first kappa shape index (κ1) is 30.3. The number of hydrogen-bond acceptors (Lipinski definition) is 9. The van der Waals surface area contributed by atoms with Gasteiger partial charge in [-0.3, -0.25) is 4.79 Å². The van der Waals surface area contributed by atoms with Crippen LogP contribution in [0.3, 0.4) is 0 Å². The molecule has 9 nitrogen and oxygen atoms in total. The van der Waals surface area contributed by atoms with Gasteiger partial charge in [-0.1, -0.05) is 18.2 Å². The van der Waals surface area contributed by atoms with E-state index in [1.807, 2.05) is 24.3 Å². The number of esters is 2. The lowest BCUT2D eigenvalue weighted by Crippen LogP contribution is -2.32. The quantitative estimate of drug-likeness (QED) is 0.0939. The highest BCUT2D eigenvalue weighted by Gasteiger charge is 2.22. The van der Waals surface area contributed by atoms with Crippen LogP contribution in [-0.2, 0) is 44.6 Å². The summed E-state index contributed by atoms with van der Waals surface area (Å²) in [5.41, 5.74) is 0.964. The van der Waals surface area contributed by atoms with Crippen molar-refractivity contribution in [2.24, 2.45) is 0 Å². The van der Waals surface area contributed by atoms with Gasteiger partial charge in [-0.05, 0) is 44.0 Å². The van der Waals surface area contributed by atoms with Crippen molar-refractivity contribution >= 4 is 11.9 Å². The summed E-state index contributed by atoms with van der Waals surface area (Å²) in [6.45, 7) is 8.33. The van der Waals surface area contributed by atoms with Crippen molar-refractivity contribution in [2.45, 2.75) is 51.6 Å². The smallest absolute Gasteiger partial charge is 0.330 e. The van der Waals surface area contributed by atoms with Crippen LogP contribution in [0.1, 0.15) is 32.3 Å². The molecule has 0 radical (unpaired) electrons. The van der Waals surface area contributed by atoms with Crippen LogP contribution in [-0.4, -0.2) is 71.1 Å². The molecule has 0 saturated carbocycles. The van der Waals surface area contributed by atoms with Gasteiger partial charge >= 0.3 is 11.9 Å². The SMILES string of the molecule is C=CCCOC(=O)/C=C/[C@@H](OCOCCOC)[C@H](C)OC(=O)C[C@@H](C)OCc1ccc(OC)cc1. The lowest BCUT2D eigenvalue weighted by atomic mass is 10.2. The van der Waals surface area contributed by atoms with E-state index in [1.165, 1.54) is 12.2 Å². The first-order valence-corrected chi connectivity index (χ1v) is 11.5. The molecule has 3 atom stereocenters. The molecule has 0 spiro atoms. The zero-order valence-electron chi connectivity index (χ0n) is 21.1.